The summed E-state index contributed by atoms with van der Waals surface area (Å²) >= 11 is 0. The Morgan fingerprint density at radius 3 is 2.55 bits per heavy atom. The van der Waals surface area contributed by atoms with Crippen molar-refractivity contribution >= 4 is 11.8 Å². The van der Waals surface area contributed by atoms with Gasteiger partial charge in [0.05, 0.1) is 12.6 Å². The lowest BCUT2D eigenvalue weighted by atomic mass is 10.1. The van der Waals surface area contributed by atoms with E-state index < -0.39 is 18.1 Å². The van der Waals surface area contributed by atoms with Crippen LogP contribution in [0.4, 0.5) is 0 Å². The largest absolute Gasteiger partial charge is 0.382 e. The second-order valence-corrected chi connectivity index (χ2v) is 5.03. The maximum atomic E-state index is 12.0. The molecule has 22 heavy (non-hydrogen) atoms. The van der Waals surface area contributed by atoms with Crippen LogP contribution >= 0.6 is 0 Å². The summed E-state index contributed by atoms with van der Waals surface area (Å²) < 4.78 is 4.96. The maximum absolute atomic E-state index is 12.0. The van der Waals surface area contributed by atoms with Gasteiger partial charge in [-0.15, -0.1) is 0 Å². The molecule has 0 aliphatic rings. The van der Waals surface area contributed by atoms with Crippen molar-refractivity contribution in [3.63, 3.8) is 0 Å². The number of methoxy groups -OCH3 is 1. The molecule has 0 aliphatic heterocycles. The first-order chi connectivity index (χ1) is 10.6. The molecule has 0 saturated heterocycles. The van der Waals surface area contributed by atoms with Crippen LogP contribution < -0.4 is 10.6 Å². The van der Waals surface area contributed by atoms with Crippen molar-refractivity contribution in [2.75, 3.05) is 13.7 Å². The Labute approximate surface area is 130 Å². The molecule has 1 rings (SSSR count). The predicted octanol–water partition coefficient (Wildman–Crippen LogP) is 0.595. The summed E-state index contributed by atoms with van der Waals surface area (Å²) in [6.45, 7) is 2.27. The fourth-order valence-electron chi connectivity index (χ4n) is 1.97. The van der Waals surface area contributed by atoms with Crippen molar-refractivity contribution < 1.29 is 19.4 Å². The number of ether oxygens (including phenoxy) is 1. The first-order valence-corrected chi connectivity index (χ1v) is 7.36. The summed E-state index contributed by atoms with van der Waals surface area (Å²) in [5, 5.41) is 15.4. The smallest absolute Gasteiger partial charge is 0.251 e. The van der Waals surface area contributed by atoms with E-state index >= 15 is 0 Å². The van der Waals surface area contributed by atoms with Gasteiger partial charge in [0.1, 0.15) is 0 Å². The summed E-state index contributed by atoms with van der Waals surface area (Å²) in [5.74, 6) is -0.748. The van der Waals surface area contributed by atoms with Crippen LogP contribution in [-0.2, 0) is 20.9 Å². The van der Waals surface area contributed by atoms with Gasteiger partial charge in [-0.3, -0.25) is 9.59 Å². The minimum Gasteiger partial charge on any atom is -0.382 e. The zero-order valence-electron chi connectivity index (χ0n) is 13.0. The summed E-state index contributed by atoms with van der Waals surface area (Å²) in [7, 11) is 1.45. The van der Waals surface area contributed by atoms with Crippen LogP contribution in [0, 0.1) is 0 Å². The zero-order chi connectivity index (χ0) is 16.4. The lowest BCUT2D eigenvalue weighted by molar-refractivity contribution is -0.133. The molecule has 1 aromatic carbocycles. The van der Waals surface area contributed by atoms with E-state index in [4.69, 9.17) is 4.74 Å². The third-order valence-electron chi connectivity index (χ3n) is 3.13. The number of aliphatic hydroxyl groups excluding tert-OH is 1. The number of hydrogen-bond donors (Lipinski definition) is 3. The molecule has 2 amide bonds. The monoisotopic (exact) mass is 308 g/mol. The highest BCUT2D eigenvalue weighted by molar-refractivity contribution is 5.83. The SMILES string of the molecule is CCCC(=O)N[C@@H](COC)C(O)C(=O)NCc1ccccc1. The van der Waals surface area contributed by atoms with Crippen molar-refractivity contribution in [2.24, 2.45) is 0 Å². The molecule has 122 valence electrons. The van der Waals surface area contributed by atoms with Gasteiger partial charge in [0.15, 0.2) is 6.10 Å². The molecular formula is C16H24N2O4. The molecule has 0 bridgehead atoms. The number of carbonyl (C=O) groups is 2. The molecule has 3 N–H and O–H groups in total. The average molecular weight is 308 g/mol. The normalized spacial score (nSPS) is 13.2. The zero-order valence-corrected chi connectivity index (χ0v) is 13.0. The topological polar surface area (TPSA) is 87.7 Å². The molecule has 1 unspecified atom stereocenters. The Morgan fingerprint density at radius 2 is 1.95 bits per heavy atom. The highest BCUT2D eigenvalue weighted by atomic mass is 16.5. The molecule has 0 radical (unpaired) electrons. The molecular weight excluding hydrogens is 284 g/mol. The fourth-order valence-corrected chi connectivity index (χ4v) is 1.97. The number of aliphatic hydroxyl groups is 1. The fraction of sp³-hybridized carbons (Fsp3) is 0.500. The van der Waals surface area contributed by atoms with Crippen LogP contribution in [0.25, 0.3) is 0 Å². The lowest BCUT2D eigenvalue weighted by Gasteiger charge is -2.23. The Bertz CT molecular complexity index is 464. The molecule has 0 fully saturated rings. The summed E-state index contributed by atoms with van der Waals surface area (Å²) in [5.41, 5.74) is 0.932. The van der Waals surface area contributed by atoms with Crippen molar-refractivity contribution in [3.8, 4) is 0 Å². The summed E-state index contributed by atoms with van der Waals surface area (Å²) in [6.07, 6.45) is -0.315. The molecule has 1 aromatic rings. The van der Waals surface area contributed by atoms with E-state index in [0.29, 0.717) is 19.4 Å². The number of amides is 2. The summed E-state index contributed by atoms with van der Waals surface area (Å²) in [6, 6.07) is 8.62. The van der Waals surface area contributed by atoms with Crippen LogP contribution in [0.2, 0.25) is 0 Å². The van der Waals surface area contributed by atoms with Crippen molar-refractivity contribution in [2.45, 2.75) is 38.5 Å². The van der Waals surface area contributed by atoms with E-state index in [1.54, 1.807) is 0 Å². The molecule has 0 aliphatic carbocycles. The average Bonchev–Trinajstić information content (AvgIpc) is 2.52. The first kappa shape index (κ1) is 18.1. The molecule has 0 heterocycles. The van der Waals surface area contributed by atoms with Crippen LogP contribution in [0.5, 0.6) is 0 Å². The van der Waals surface area contributed by atoms with E-state index in [1.165, 1.54) is 7.11 Å². The van der Waals surface area contributed by atoms with Crippen molar-refractivity contribution in [1.82, 2.24) is 10.6 Å². The van der Waals surface area contributed by atoms with Gasteiger partial charge in [-0.05, 0) is 12.0 Å². The summed E-state index contributed by atoms with van der Waals surface area (Å²) in [4.78, 5) is 23.6. The van der Waals surface area contributed by atoms with Gasteiger partial charge in [-0.2, -0.15) is 0 Å². The Hall–Kier alpha value is -1.92. The van der Waals surface area contributed by atoms with Crippen molar-refractivity contribution in [3.05, 3.63) is 35.9 Å². The van der Waals surface area contributed by atoms with Crippen LogP contribution in [0.3, 0.4) is 0 Å². The Balaban J connectivity index is 2.54. The van der Waals surface area contributed by atoms with Crippen molar-refractivity contribution in [1.29, 1.82) is 0 Å². The highest BCUT2D eigenvalue weighted by Crippen LogP contribution is 2.01. The minimum absolute atomic E-state index is 0.0649. The van der Waals surface area contributed by atoms with Crippen LogP contribution in [0.15, 0.2) is 30.3 Å². The third-order valence-corrected chi connectivity index (χ3v) is 3.13. The molecule has 6 nitrogen and oxygen atoms in total. The van der Waals surface area contributed by atoms with E-state index in [9.17, 15) is 14.7 Å². The quantitative estimate of drug-likeness (QED) is 0.623. The van der Waals surface area contributed by atoms with Gasteiger partial charge >= 0.3 is 0 Å². The van der Waals surface area contributed by atoms with Gasteiger partial charge in [0.25, 0.3) is 5.91 Å². The van der Waals surface area contributed by atoms with Crippen LogP contribution in [0.1, 0.15) is 25.3 Å². The number of benzene rings is 1. The Morgan fingerprint density at radius 1 is 1.27 bits per heavy atom. The molecule has 6 heteroatoms. The highest BCUT2D eigenvalue weighted by Gasteiger charge is 2.27. The van der Waals surface area contributed by atoms with Gasteiger partial charge in [0.2, 0.25) is 5.91 Å². The number of nitrogens with one attached hydrogen (secondary N) is 2. The number of rotatable bonds is 9. The van der Waals surface area contributed by atoms with Gasteiger partial charge in [-0.1, -0.05) is 37.3 Å². The number of hydrogen-bond acceptors (Lipinski definition) is 4. The van der Waals surface area contributed by atoms with E-state index in [-0.39, 0.29) is 12.5 Å². The third kappa shape index (κ3) is 6.24. The molecule has 0 spiro atoms. The molecule has 2 atom stereocenters. The standard InChI is InChI=1S/C16H24N2O4/c1-3-7-14(19)18-13(11-22-2)15(20)16(21)17-10-12-8-5-4-6-9-12/h4-6,8-9,13,15,20H,3,7,10-11H2,1-2H3,(H,17,21)(H,18,19)/t13-,15?/m0/s1. The van der Waals surface area contributed by atoms with E-state index in [2.05, 4.69) is 10.6 Å². The van der Waals surface area contributed by atoms with Crippen LogP contribution in [-0.4, -0.2) is 42.8 Å². The lowest BCUT2D eigenvalue weighted by Crippen LogP contribution is -2.52. The molecule has 0 aromatic heterocycles. The van der Waals surface area contributed by atoms with E-state index in [1.807, 2.05) is 37.3 Å². The second kappa shape index (κ2) is 9.92. The predicted molar refractivity (Wildman–Crippen MR) is 83.0 cm³/mol. The van der Waals surface area contributed by atoms with Gasteiger partial charge < -0.3 is 20.5 Å². The maximum Gasteiger partial charge on any atom is 0.251 e. The van der Waals surface area contributed by atoms with Gasteiger partial charge in [0, 0.05) is 20.1 Å². The first-order valence-electron chi connectivity index (χ1n) is 7.36. The van der Waals surface area contributed by atoms with E-state index in [0.717, 1.165) is 5.56 Å². The van der Waals surface area contributed by atoms with Gasteiger partial charge in [-0.25, -0.2) is 0 Å². The minimum atomic E-state index is -1.36. The Kier molecular flexibility index (Phi) is 8.17. The second-order valence-electron chi connectivity index (χ2n) is 5.03. The molecule has 0 saturated carbocycles. The number of carbonyl (C=O) groups excluding carboxylic acids is 2.